The highest BCUT2D eigenvalue weighted by molar-refractivity contribution is 6.71. The Morgan fingerprint density at radius 3 is 2.36 bits per heavy atom. The Labute approximate surface area is 87.2 Å². The molecule has 0 spiro atoms. The van der Waals surface area contributed by atoms with Gasteiger partial charge in [0.2, 0.25) is 0 Å². The van der Waals surface area contributed by atoms with Crippen LogP contribution in [0, 0.1) is 6.92 Å². The Hall–Kier alpha value is -0.613. The van der Waals surface area contributed by atoms with Crippen LogP contribution in [0.25, 0.3) is 0 Å². The summed E-state index contributed by atoms with van der Waals surface area (Å²) in [5.74, 6) is -0.359. The van der Waals surface area contributed by atoms with E-state index in [1.165, 1.54) is 0 Å². The fourth-order valence-electron chi connectivity index (χ4n) is 0.648. The first-order valence-corrected chi connectivity index (χ1v) is 7.76. The fourth-order valence-corrected chi connectivity index (χ4v) is 1.43. The number of rotatable bonds is 6. The molecule has 1 radical (unpaired) electrons. The summed E-state index contributed by atoms with van der Waals surface area (Å²) < 4.78 is 10.5. The van der Waals surface area contributed by atoms with Crippen LogP contribution in [0.2, 0.25) is 19.1 Å². The molecule has 0 aliphatic rings. The van der Waals surface area contributed by atoms with Crippen molar-refractivity contribution in [2.45, 2.75) is 26.1 Å². The first-order chi connectivity index (χ1) is 6.39. The summed E-state index contributed by atoms with van der Waals surface area (Å²) in [6.45, 7) is 13.8. The van der Waals surface area contributed by atoms with E-state index in [0.717, 1.165) is 6.04 Å². The summed E-state index contributed by atoms with van der Waals surface area (Å²) in [6.07, 6.45) is 0. The van der Waals surface area contributed by atoms with Crippen LogP contribution in [-0.2, 0) is 14.0 Å². The number of carbonyl (C=O) groups is 1. The third kappa shape index (κ3) is 5.94. The zero-order chi connectivity index (χ0) is 11.2. The Morgan fingerprint density at radius 2 is 1.93 bits per heavy atom. The number of ether oxygens (including phenoxy) is 1. The monoisotopic (exact) mass is 215 g/mol. The SMILES string of the molecule is [CH2]C[Si](C)(C)OCCOC(=O)C(=C)C. The lowest BCUT2D eigenvalue weighted by atomic mass is 10.4. The second kappa shape index (κ2) is 5.98. The van der Waals surface area contributed by atoms with Crippen molar-refractivity contribution in [3.05, 3.63) is 19.1 Å². The van der Waals surface area contributed by atoms with Crippen LogP contribution in [0.3, 0.4) is 0 Å². The molecule has 0 saturated carbocycles. The predicted molar refractivity (Wildman–Crippen MR) is 59.4 cm³/mol. The van der Waals surface area contributed by atoms with Gasteiger partial charge in [0.1, 0.15) is 6.61 Å². The van der Waals surface area contributed by atoms with Gasteiger partial charge in [0.05, 0.1) is 6.61 Å². The first kappa shape index (κ1) is 13.4. The van der Waals surface area contributed by atoms with Gasteiger partial charge in [-0.25, -0.2) is 4.79 Å². The van der Waals surface area contributed by atoms with Gasteiger partial charge in [0, 0.05) is 5.57 Å². The van der Waals surface area contributed by atoms with Crippen molar-refractivity contribution in [2.75, 3.05) is 13.2 Å². The number of carbonyl (C=O) groups excluding carboxylic acids is 1. The van der Waals surface area contributed by atoms with E-state index in [0.29, 0.717) is 18.8 Å². The van der Waals surface area contributed by atoms with Crippen molar-refractivity contribution in [1.82, 2.24) is 0 Å². The zero-order valence-corrected chi connectivity index (χ0v) is 10.3. The Balaban J connectivity index is 3.57. The van der Waals surface area contributed by atoms with Gasteiger partial charge >= 0.3 is 5.97 Å². The largest absolute Gasteiger partial charge is 0.460 e. The van der Waals surface area contributed by atoms with Crippen molar-refractivity contribution in [3.63, 3.8) is 0 Å². The van der Waals surface area contributed by atoms with E-state index in [2.05, 4.69) is 26.6 Å². The van der Waals surface area contributed by atoms with Crippen molar-refractivity contribution in [2.24, 2.45) is 0 Å². The van der Waals surface area contributed by atoms with Crippen LogP contribution >= 0.6 is 0 Å². The molecule has 0 aliphatic heterocycles. The Bertz CT molecular complexity index is 211. The van der Waals surface area contributed by atoms with E-state index in [-0.39, 0.29) is 5.97 Å². The molecule has 0 saturated heterocycles. The van der Waals surface area contributed by atoms with Crippen molar-refractivity contribution >= 4 is 14.3 Å². The molecule has 0 rings (SSSR count). The molecule has 0 N–H and O–H groups in total. The zero-order valence-electron chi connectivity index (χ0n) is 9.26. The lowest BCUT2D eigenvalue weighted by Crippen LogP contribution is -2.31. The second-order valence-corrected chi connectivity index (χ2v) is 8.08. The molecular formula is C10H19O3Si. The molecular weight excluding hydrogens is 196 g/mol. The van der Waals surface area contributed by atoms with Gasteiger partial charge in [-0.3, -0.25) is 0 Å². The molecule has 0 unspecified atom stereocenters. The number of hydrogen-bond donors (Lipinski definition) is 0. The maximum Gasteiger partial charge on any atom is 0.333 e. The quantitative estimate of drug-likeness (QED) is 0.295. The van der Waals surface area contributed by atoms with Crippen LogP contribution in [0.4, 0.5) is 0 Å². The van der Waals surface area contributed by atoms with Crippen molar-refractivity contribution < 1.29 is 14.0 Å². The van der Waals surface area contributed by atoms with Gasteiger partial charge in [-0.1, -0.05) is 13.5 Å². The second-order valence-electron chi connectivity index (χ2n) is 3.77. The van der Waals surface area contributed by atoms with Gasteiger partial charge in [-0.2, -0.15) is 0 Å². The molecule has 0 aromatic carbocycles. The lowest BCUT2D eigenvalue weighted by Gasteiger charge is -2.20. The molecule has 0 aromatic heterocycles. The van der Waals surface area contributed by atoms with Gasteiger partial charge in [-0.05, 0) is 26.1 Å². The molecule has 0 bridgehead atoms. The highest BCUT2D eigenvalue weighted by atomic mass is 28.4. The third-order valence-corrected chi connectivity index (χ3v) is 3.95. The molecule has 4 heteroatoms. The molecule has 0 aromatic rings. The van der Waals surface area contributed by atoms with Gasteiger partial charge in [-0.15, -0.1) is 0 Å². The minimum absolute atomic E-state index is 0.294. The Morgan fingerprint density at radius 1 is 1.36 bits per heavy atom. The summed E-state index contributed by atoms with van der Waals surface area (Å²) in [5.41, 5.74) is 0.415. The fraction of sp³-hybridized carbons (Fsp3) is 0.600. The average Bonchev–Trinajstić information content (AvgIpc) is 2.12. The van der Waals surface area contributed by atoms with Crippen LogP contribution in [0.15, 0.2) is 12.2 Å². The van der Waals surface area contributed by atoms with Crippen LogP contribution in [-0.4, -0.2) is 27.5 Å². The van der Waals surface area contributed by atoms with E-state index in [1.54, 1.807) is 6.92 Å². The molecule has 14 heavy (non-hydrogen) atoms. The van der Waals surface area contributed by atoms with Gasteiger partial charge in [0.25, 0.3) is 0 Å². The Kier molecular flexibility index (Phi) is 5.72. The predicted octanol–water partition coefficient (Wildman–Crippen LogP) is 2.16. The summed E-state index contributed by atoms with van der Waals surface area (Å²) in [4.78, 5) is 11.0. The van der Waals surface area contributed by atoms with Crippen LogP contribution < -0.4 is 0 Å². The first-order valence-electron chi connectivity index (χ1n) is 4.65. The maximum absolute atomic E-state index is 11.0. The van der Waals surface area contributed by atoms with E-state index >= 15 is 0 Å². The topological polar surface area (TPSA) is 35.5 Å². The smallest absolute Gasteiger partial charge is 0.333 e. The molecule has 0 atom stereocenters. The summed E-state index contributed by atoms with van der Waals surface area (Å²) in [6, 6.07) is 0.821. The summed E-state index contributed by atoms with van der Waals surface area (Å²) in [7, 11) is -1.60. The van der Waals surface area contributed by atoms with Crippen molar-refractivity contribution in [1.29, 1.82) is 0 Å². The van der Waals surface area contributed by atoms with E-state index in [4.69, 9.17) is 9.16 Å². The van der Waals surface area contributed by atoms with E-state index in [1.807, 2.05) is 0 Å². The number of esters is 1. The van der Waals surface area contributed by atoms with Crippen molar-refractivity contribution in [3.8, 4) is 0 Å². The minimum atomic E-state index is -1.60. The molecule has 0 fully saturated rings. The maximum atomic E-state index is 11.0. The normalized spacial score (nSPS) is 11.1. The van der Waals surface area contributed by atoms with Crippen LogP contribution in [0.5, 0.6) is 0 Å². The summed E-state index contributed by atoms with van der Waals surface area (Å²) >= 11 is 0. The van der Waals surface area contributed by atoms with Crippen LogP contribution in [0.1, 0.15) is 6.92 Å². The summed E-state index contributed by atoms with van der Waals surface area (Å²) in [5, 5.41) is 0. The average molecular weight is 215 g/mol. The molecule has 0 aliphatic carbocycles. The van der Waals surface area contributed by atoms with E-state index < -0.39 is 8.32 Å². The minimum Gasteiger partial charge on any atom is -0.460 e. The number of hydrogen-bond acceptors (Lipinski definition) is 3. The molecule has 81 valence electrons. The highest BCUT2D eigenvalue weighted by Gasteiger charge is 2.19. The molecule has 0 heterocycles. The third-order valence-electron chi connectivity index (χ3n) is 1.76. The lowest BCUT2D eigenvalue weighted by molar-refractivity contribution is -0.139. The highest BCUT2D eigenvalue weighted by Crippen LogP contribution is 2.08. The standard InChI is InChI=1S/C10H19O3Si/c1-6-14(4,5)13-8-7-12-10(11)9(2)3/h1-2,6-8H2,3-5H3. The van der Waals surface area contributed by atoms with Gasteiger partial charge < -0.3 is 9.16 Å². The molecule has 3 nitrogen and oxygen atoms in total. The van der Waals surface area contributed by atoms with E-state index in [9.17, 15) is 4.79 Å². The van der Waals surface area contributed by atoms with Gasteiger partial charge in [0.15, 0.2) is 8.32 Å². The molecule has 0 amide bonds.